The molecule has 0 radical (unpaired) electrons. The number of anilines is 1. The van der Waals surface area contributed by atoms with Crippen LogP contribution in [-0.4, -0.2) is 15.0 Å². The Hall–Kier alpha value is -1.82. The predicted octanol–water partition coefficient (Wildman–Crippen LogP) is 1.52. The monoisotopic (exact) mass is 260 g/mol. The van der Waals surface area contributed by atoms with E-state index in [1.807, 2.05) is 12.1 Å². The van der Waals surface area contributed by atoms with E-state index in [9.17, 15) is 4.79 Å². The van der Waals surface area contributed by atoms with Crippen LogP contribution in [0.1, 0.15) is 16.8 Å². The fourth-order valence-electron chi connectivity index (χ4n) is 1.83. The average molecular weight is 260 g/mol. The van der Waals surface area contributed by atoms with Gasteiger partial charge in [0.15, 0.2) is 0 Å². The number of nitrogens with zero attached hydrogens (tertiary/aromatic N) is 2. The maximum atomic E-state index is 11.8. The Morgan fingerprint density at radius 2 is 2.39 bits per heavy atom. The summed E-state index contributed by atoms with van der Waals surface area (Å²) in [6.45, 7) is 0.600. The van der Waals surface area contributed by atoms with Crippen LogP contribution in [-0.2, 0) is 18.1 Å². The van der Waals surface area contributed by atoms with E-state index in [4.69, 9.17) is 0 Å². The van der Waals surface area contributed by atoms with Crippen molar-refractivity contribution in [2.24, 2.45) is 0 Å². The third-order valence-corrected chi connectivity index (χ3v) is 3.74. The standard InChI is InChI=1S/C12H12N4OS/c17-11-9-6-18-7-10(9)15-12(16-11)14-5-8-2-1-3-13-4-8/h1-4H,5-7H2,(H2,14,15,16,17). The second-order valence-corrected chi connectivity index (χ2v) is 5.03. The van der Waals surface area contributed by atoms with E-state index in [-0.39, 0.29) is 5.56 Å². The molecule has 6 heteroatoms. The Balaban J connectivity index is 1.78. The van der Waals surface area contributed by atoms with E-state index in [2.05, 4.69) is 20.3 Å². The first kappa shape index (κ1) is 11.3. The van der Waals surface area contributed by atoms with Gasteiger partial charge in [0, 0.05) is 36.0 Å². The molecule has 5 nitrogen and oxygen atoms in total. The lowest BCUT2D eigenvalue weighted by molar-refractivity contribution is 0.982. The number of rotatable bonds is 3. The molecule has 0 amide bonds. The highest BCUT2D eigenvalue weighted by atomic mass is 32.2. The predicted molar refractivity (Wildman–Crippen MR) is 71.4 cm³/mol. The van der Waals surface area contributed by atoms with Gasteiger partial charge < -0.3 is 5.32 Å². The Morgan fingerprint density at radius 1 is 1.44 bits per heavy atom. The molecule has 0 unspecified atom stereocenters. The molecule has 3 heterocycles. The fraction of sp³-hybridized carbons (Fsp3) is 0.250. The molecule has 0 saturated carbocycles. The largest absolute Gasteiger partial charge is 0.352 e. The van der Waals surface area contributed by atoms with Crippen LogP contribution >= 0.6 is 11.8 Å². The lowest BCUT2D eigenvalue weighted by Gasteiger charge is -2.06. The van der Waals surface area contributed by atoms with Crippen molar-refractivity contribution in [3.63, 3.8) is 0 Å². The van der Waals surface area contributed by atoms with Gasteiger partial charge in [0.05, 0.1) is 5.69 Å². The molecule has 0 aromatic carbocycles. The van der Waals surface area contributed by atoms with Gasteiger partial charge in [-0.05, 0) is 11.6 Å². The number of aromatic nitrogens is 3. The highest BCUT2D eigenvalue weighted by Gasteiger charge is 2.17. The first-order valence-electron chi connectivity index (χ1n) is 5.65. The second kappa shape index (κ2) is 4.81. The molecule has 0 aliphatic carbocycles. The van der Waals surface area contributed by atoms with Crippen LogP contribution in [0.15, 0.2) is 29.3 Å². The molecule has 18 heavy (non-hydrogen) atoms. The number of aromatic amines is 1. The Morgan fingerprint density at radius 3 is 3.22 bits per heavy atom. The number of H-pyrrole nitrogens is 1. The van der Waals surface area contributed by atoms with Crippen LogP contribution < -0.4 is 10.9 Å². The second-order valence-electron chi connectivity index (χ2n) is 4.05. The minimum absolute atomic E-state index is 0.0290. The summed E-state index contributed by atoms with van der Waals surface area (Å²) in [5.41, 5.74) is 2.73. The van der Waals surface area contributed by atoms with Gasteiger partial charge in [-0.2, -0.15) is 11.8 Å². The van der Waals surface area contributed by atoms with E-state index in [0.717, 1.165) is 28.3 Å². The summed E-state index contributed by atoms with van der Waals surface area (Å²) in [4.78, 5) is 23.0. The van der Waals surface area contributed by atoms with Gasteiger partial charge >= 0.3 is 0 Å². The van der Waals surface area contributed by atoms with Gasteiger partial charge in [0.25, 0.3) is 5.56 Å². The van der Waals surface area contributed by atoms with Crippen LogP contribution in [0.4, 0.5) is 5.95 Å². The third-order valence-electron chi connectivity index (χ3n) is 2.77. The van der Waals surface area contributed by atoms with E-state index in [1.54, 1.807) is 24.2 Å². The van der Waals surface area contributed by atoms with Crippen molar-refractivity contribution in [3.05, 3.63) is 51.7 Å². The molecule has 1 aliphatic rings. The van der Waals surface area contributed by atoms with Crippen molar-refractivity contribution >= 4 is 17.7 Å². The number of pyridine rings is 1. The van der Waals surface area contributed by atoms with Crippen molar-refractivity contribution < 1.29 is 0 Å². The highest BCUT2D eigenvalue weighted by Crippen LogP contribution is 2.25. The van der Waals surface area contributed by atoms with Crippen LogP contribution in [0.2, 0.25) is 0 Å². The van der Waals surface area contributed by atoms with Crippen LogP contribution in [0.3, 0.4) is 0 Å². The number of fused-ring (bicyclic) bond motifs is 1. The van der Waals surface area contributed by atoms with Gasteiger partial charge in [-0.1, -0.05) is 6.07 Å². The van der Waals surface area contributed by atoms with E-state index in [1.165, 1.54) is 0 Å². The third kappa shape index (κ3) is 2.24. The lowest BCUT2D eigenvalue weighted by atomic mass is 10.3. The van der Waals surface area contributed by atoms with E-state index >= 15 is 0 Å². The minimum atomic E-state index is -0.0290. The summed E-state index contributed by atoms with van der Waals surface area (Å²) < 4.78 is 0. The van der Waals surface area contributed by atoms with Crippen LogP contribution in [0, 0.1) is 0 Å². The molecule has 2 aromatic heterocycles. The Kier molecular flexibility index (Phi) is 3.02. The van der Waals surface area contributed by atoms with Gasteiger partial charge in [-0.15, -0.1) is 0 Å². The molecule has 0 atom stereocenters. The first-order valence-corrected chi connectivity index (χ1v) is 6.81. The molecule has 0 fully saturated rings. The molecule has 1 aliphatic heterocycles. The van der Waals surface area contributed by atoms with Crippen molar-refractivity contribution in [3.8, 4) is 0 Å². The molecule has 0 saturated heterocycles. The SMILES string of the molecule is O=c1[nH]c(NCc2cccnc2)nc2c1CSC2. The summed E-state index contributed by atoms with van der Waals surface area (Å²) in [6.07, 6.45) is 3.52. The maximum Gasteiger partial charge on any atom is 0.256 e. The van der Waals surface area contributed by atoms with Gasteiger partial charge in [-0.25, -0.2) is 4.98 Å². The molecule has 3 rings (SSSR count). The Bertz CT molecular complexity index is 611. The zero-order chi connectivity index (χ0) is 12.4. The zero-order valence-electron chi connectivity index (χ0n) is 9.64. The number of hydrogen-bond donors (Lipinski definition) is 2. The van der Waals surface area contributed by atoms with Crippen LogP contribution in [0.5, 0.6) is 0 Å². The number of nitrogens with one attached hydrogen (secondary N) is 2. The van der Waals surface area contributed by atoms with Gasteiger partial charge in [0.1, 0.15) is 0 Å². The summed E-state index contributed by atoms with van der Waals surface area (Å²) in [6, 6.07) is 3.86. The molecular weight excluding hydrogens is 248 g/mol. The lowest BCUT2D eigenvalue weighted by Crippen LogP contribution is -2.17. The summed E-state index contributed by atoms with van der Waals surface area (Å²) in [5, 5.41) is 3.12. The molecular formula is C12H12N4OS. The van der Waals surface area contributed by atoms with E-state index < -0.39 is 0 Å². The molecule has 92 valence electrons. The number of thioether (sulfide) groups is 1. The maximum absolute atomic E-state index is 11.8. The Labute approximate surface area is 108 Å². The van der Waals surface area contributed by atoms with Crippen molar-refractivity contribution in [1.82, 2.24) is 15.0 Å². The smallest absolute Gasteiger partial charge is 0.256 e. The molecule has 2 aromatic rings. The van der Waals surface area contributed by atoms with Crippen molar-refractivity contribution in [2.75, 3.05) is 5.32 Å². The van der Waals surface area contributed by atoms with E-state index in [0.29, 0.717) is 12.5 Å². The highest BCUT2D eigenvalue weighted by molar-refractivity contribution is 7.98. The molecule has 2 N–H and O–H groups in total. The minimum Gasteiger partial charge on any atom is -0.352 e. The fourth-order valence-corrected chi connectivity index (χ4v) is 2.87. The quantitative estimate of drug-likeness (QED) is 0.875. The summed E-state index contributed by atoms with van der Waals surface area (Å²) in [7, 11) is 0. The van der Waals surface area contributed by atoms with Crippen LogP contribution in [0.25, 0.3) is 0 Å². The summed E-state index contributed by atoms with van der Waals surface area (Å²) in [5.74, 6) is 2.12. The van der Waals surface area contributed by atoms with Gasteiger partial charge in [0.2, 0.25) is 5.95 Å². The first-order chi connectivity index (χ1) is 8.83. The zero-order valence-corrected chi connectivity index (χ0v) is 10.5. The number of hydrogen-bond acceptors (Lipinski definition) is 5. The molecule has 0 spiro atoms. The summed E-state index contributed by atoms with van der Waals surface area (Å²) >= 11 is 1.72. The molecule has 0 bridgehead atoms. The normalized spacial score (nSPS) is 13.3. The topological polar surface area (TPSA) is 70.7 Å². The average Bonchev–Trinajstić information content (AvgIpc) is 2.86. The van der Waals surface area contributed by atoms with Gasteiger partial charge in [-0.3, -0.25) is 14.8 Å². The van der Waals surface area contributed by atoms with Crippen molar-refractivity contribution in [1.29, 1.82) is 0 Å². The van der Waals surface area contributed by atoms with Crippen molar-refractivity contribution in [2.45, 2.75) is 18.1 Å².